The van der Waals surface area contributed by atoms with Gasteiger partial charge in [0.15, 0.2) is 5.79 Å². The molecule has 2 atom stereocenters. The van der Waals surface area contributed by atoms with Crippen LogP contribution in [0.1, 0.15) is 38.5 Å². The van der Waals surface area contributed by atoms with Crippen molar-refractivity contribution in [3.63, 3.8) is 0 Å². The number of hydrogen-bond acceptors (Lipinski definition) is 4. The molecule has 2 heterocycles. The average Bonchev–Trinajstić information content (AvgIpc) is 3.06. The zero-order valence-electron chi connectivity index (χ0n) is 12.1. The van der Waals surface area contributed by atoms with Gasteiger partial charge in [0.1, 0.15) is 0 Å². The van der Waals surface area contributed by atoms with E-state index in [2.05, 4.69) is 0 Å². The van der Waals surface area contributed by atoms with Crippen LogP contribution in [0.3, 0.4) is 0 Å². The fourth-order valence-electron chi connectivity index (χ4n) is 4.27. The third-order valence-corrected chi connectivity index (χ3v) is 5.44. The van der Waals surface area contributed by atoms with E-state index in [1.54, 1.807) is 4.90 Å². The van der Waals surface area contributed by atoms with Crippen LogP contribution >= 0.6 is 0 Å². The van der Waals surface area contributed by atoms with Gasteiger partial charge < -0.3 is 9.47 Å². The average molecular weight is 291 g/mol. The van der Waals surface area contributed by atoms with Crippen molar-refractivity contribution in [1.29, 1.82) is 0 Å². The molecule has 4 rings (SSSR count). The highest BCUT2D eigenvalue weighted by Crippen LogP contribution is 2.42. The summed E-state index contributed by atoms with van der Waals surface area (Å²) in [5, 5.41) is 0. The third-order valence-electron chi connectivity index (χ3n) is 5.44. The van der Waals surface area contributed by atoms with Gasteiger partial charge in [-0.2, -0.15) is 0 Å². The molecule has 21 heavy (non-hydrogen) atoms. The van der Waals surface area contributed by atoms with Gasteiger partial charge in [-0.1, -0.05) is 12.2 Å². The van der Waals surface area contributed by atoms with Crippen LogP contribution in [0.4, 0.5) is 0 Å². The van der Waals surface area contributed by atoms with Crippen LogP contribution in [-0.2, 0) is 19.1 Å². The second-order valence-corrected chi connectivity index (χ2v) is 6.54. The van der Waals surface area contributed by atoms with Crippen molar-refractivity contribution in [2.75, 3.05) is 13.2 Å². The van der Waals surface area contributed by atoms with Gasteiger partial charge in [-0.3, -0.25) is 14.5 Å². The summed E-state index contributed by atoms with van der Waals surface area (Å²) in [4.78, 5) is 26.7. The maximum absolute atomic E-state index is 12.6. The van der Waals surface area contributed by atoms with Crippen LogP contribution in [0.2, 0.25) is 0 Å². The molecule has 1 saturated carbocycles. The number of carbonyl (C=O) groups excluding carboxylic acids is 2. The van der Waals surface area contributed by atoms with Crippen LogP contribution < -0.4 is 0 Å². The van der Waals surface area contributed by atoms with Gasteiger partial charge in [-0.15, -0.1) is 0 Å². The molecular weight excluding hydrogens is 270 g/mol. The fourth-order valence-corrected chi connectivity index (χ4v) is 4.27. The second-order valence-electron chi connectivity index (χ2n) is 6.54. The van der Waals surface area contributed by atoms with Gasteiger partial charge in [-0.25, -0.2) is 0 Å². The summed E-state index contributed by atoms with van der Waals surface area (Å²) < 4.78 is 11.4. The van der Waals surface area contributed by atoms with E-state index in [1.165, 1.54) is 0 Å². The summed E-state index contributed by atoms with van der Waals surface area (Å²) in [6, 6.07) is 0.0361. The molecule has 0 aromatic carbocycles. The number of imide groups is 1. The van der Waals surface area contributed by atoms with Crippen molar-refractivity contribution in [2.45, 2.75) is 50.4 Å². The molecule has 2 amide bonds. The number of likely N-dealkylation sites (tertiary alicyclic amines) is 1. The van der Waals surface area contributed by atoms with E-state index < -0.39 is 5.79 Å². The Bertz CT molecular complexity index is 459. The summed E-state index contributed by atoms with van der Waals surface area (Å²) in [5.41, 5.74) is 0. The molecule has 114 valence electrons. The summed E-state index contributed by atoms with van der Waals surface area (Å²) >= 11 is 0. The van der Waals surface area contributed by atoms with Crippen LogP contribution in [0.5, 0.6) is 0 Å². The molecular formula is C16H21NO4. The zero-order valence-corrected chi connectivity index (χ0v) is 12.1. The molecule has 0 radical (unpaired) electrons. The molecule has 2 saturated heterocycles. The van der Waals surface area contributed by atoms with E-state index in [0.29, 0.717) is 26.1 Å². The fraction of sp³-hybridized carbons (Fsp3) is 0.750. The highest BCUT2D eigenvalue weighted by Gasteiger charge is 2.51. The van der Waals surface area contributed by atoms with E-state index in [9.17, 15) is 9.59 Å². The number of hydrogen-bond donors (Lipinski definition) is 0. The van der Waals surface area contributed by atoms with Crippen LogP contribution in [-0.4, -0.2) is 41.8 Å². The molecule has 3 fully saturated rings. The van der Waals surface area contributed by atoms with E-state index in [-0.39, 0.29) is 29.7 Å². The van der Waals surface area contributed by atoms with Gasteiger partial charge in [0.05, 0.1) is 25.0 Å². The first-order valence-corrected chi connectivity index (χ1v) is 8.00. The van der Waals surface area contributed by atoms with E-state index in [4.69, 9.17) is 9.47 Å². The minimum Gasteiger partial charge on any atom is -0.348 e. The number of fused-ring (bicyclic) bond motifs is 1. The molecule has 0 aromatic rings. The van der Waals surface area contributed by atoms with Crippen LogP contribution in [0.25, 0.3) is 0 Å². The lowest BCUT2D eigenvalue weighted by Crippen LogP contribution is -2.47. The van der Waals surface area contributed by atoms with E-state index in [0.717, 1.165) is 25.7 Å². The molecule has 4 aliphatic rings. The lowest BCUT2D eigenvalue weighted by Gasteiger charge is -2.38. The van der Waals surface area contributed by atoms with Gasteiger partial charge in [0, 0.05) is 18.9 Å². The highest BCUT2D eigenvalue weighted by atomic mass is 16.7. The minimum absolute atomic E-state index is 0.0361. The number of carbonyl (C=O) groups is 2. The maximum Gasteiger partial charge on any atom is 0.233 e. The Morgan fingerprint density at radius 1 is 0.952 bits per heavy atom. The summed E-state index contributed by atoms with van der Waals surface area (Å²) in [7, 11) is 0. The zero-order chi connectivity index (χ0) is 14.4. The Hall–Kier alpha value is -1.20. The smallest absolute Gasteiger partial charge is 0.233 e. The second kappa shape index (κ2) is 4.92. The van der Waals surface area contributed by atoms with Crippen molar-refractivity contribution in [3.05, 3.63) is 12.2 Å². The van der Waals surface area contributed by atoms with Crippen molar-refractivity contribution < 1.29 is 19.1 Å². The predicted octanol–water partition coefficient (Wildman–Crippen LogP) is 1.62. The molecule has 2 aliphatic heterocycles. The Balaban J connectivity index is 1.47. The van der Waals surface area contributed by atoms with Gasteiger partial charge in [-0.05, 0) is 25.7 Å². The quantitative estimate of drug-likeness (QED) is 0.544. The molecule has 0 unspecified atom stereocenters. The SMILES string of the molecule is O=C1[C@H]2CC=CC[C@H]2C(=O)N1C1CCC2(CC1)OCCO2. The normalized spacial score (nSPS) is 35.7. The van der Waals surface area contributed by atoms with Crippen LogP contribution in [0, 0.1) is 11.8 Å². The van der Waals surface area contributed by atoms with Crippen molar-refractivity contribution in [3.8, 4) is 0 Å². The van der Waals surface area contributed by atoms with E-state index >= 15 is 0 Å². The topological polar surface area (TPSA) is 55.8 Å². The first-order chi connectivity index (χ1) is 10.2. The highest BCUT2D eigenvalue weighted by molar-refractivity contribution is 6.05. The largest absolute Gasteiger partial charge is 0.348 e. The number of rotatable bonds is 1. The van der Waals surface area contributed by atoms with E-state index in [1.807, 2.05) is 12.2 Å². The van der Waals surface area contributed by atoms with Gasteiger partial charge in [0.25, 0.3) is 0 Å². The molecule has 0 N–H and O–H groups in total. The van der Waals surface area contributed by atoms with Crippen molar-refractivity contribution >= 4 is 11.8 Å². The van der Waals surface area contributed by atoms with Gasteiger partial charge >= 0.3 is 0 Å². The standard InChI is InChI=1S/C16H21NO4/c18-14-12-3-1-2-4-13(12)15(19)17(14)11-5-7-16(8-6-11)20-9-10-21-16/h1-2,11-13H,3-10H2/t12-,13+. The maximum atomic E-state index is 12.6. The number of allylic oxidation sites excluding steroid dienone is 2. The predicted molar refractivity (Wildman–Crippen MR) is 74.1 cm³/mol. The Labute approximate surface area is 124 Å². The third kappa shape index (κ3) is 2.06. The minimum atomic E-state index is -0.434. The first-order valence-electron chi connectivity index (χ1n) is 8.00. The molecule has 0 bridgehead atoms. The lowest BCUT2D eigenvalue weighted by atomic mass is 9.85. The van der Waals surface area contributed by atoms with Crippen molar-refractivity contribution in [1.82, 2.24) is 4.90 Å². The molecule has 5 nitrogen and oxygen atoms in total. The molecule has 0 aromatic heterocycles. The summed E-state index contributed by atoms with van der Waals surface area (Å²) in [6.07, 6.45) is 8.65. The van der Waals surface area contributed by atoms with Gasteiger partial charge in [0.2, 0.25) is 11.8 Å². The number of nitrogens with zero attached hydrogens (tertiary/aromatic N) is 1. The number of ether oxygens (including phenoxy) is 2. The Kier molecular flexibility index (Phi) is 3.15. The lowest BCUT2D eigenvalue weighted by molar-refractivity contribution is -0.185. The number of amides is 2. The van der Waals surface area contributed by atoms with Crippen molar-refractivity contribution in [2.24, 2.45) is 11.8 Å². The monoisotopic (exact) mass is 291 g/mol. The Morgan fingerprint density at radius 2 is 1.48 bits per heavy atom. The molecule has 2 aliphatic carbocycles. The summed E-state index contributed by atoms with van der Waals surface area (Å²) in [5.74, 6) is -0.571. The Morgan fingerprint density at radius 3 is 2.00 bits per heavy atom. The summed E-state index contributed by atoms with van der Waals surface area (Å²) in [6.45, 7) is 1.31. The van der Waals surface area contributed by atoms with Crippen LogP contribution in [0.15, 0.2) is 12.2 Å². The molecule has 1 spiro atoms. The first kappa shape index (κ1) is 13.5. The molecule has 5 heteroatoms.